The van der Waals surface area contributed by atoms with Crippen molar-refractivity contribution in [2.24, 2.45) is 0 Å². The molecule has 3 nitrogen and oxygen atoms in total. The first-order valence-electron chi connectivity index (χ1n) is 6.71. The molecule has 0 heterocycles. The van der Waals surface area contributed by atoms with Crippen LogP contribution in [0.3, 0.4) is 0 Å². The van der Waals surface area contributed by atoms with Crippen LogP contribution < -0.4 is 4.72 Å². The van der Waals surface area contributed by atoms with E-state index >= 15 is 0 Å². The van der Waals surface area contributed by atoms with Crippen molar-refractivity contribution in [3.63, 3.8) is 0 Å². The van der Waals surface area contributed by atoms with Crippen molar-refractivity contribution < 1.29 is 9.53 Å². The van der Waals surface area contributed by atoms with Crippen molar-refractivity contribution in [2.45, 2.75) is 24.3 Å². The van der Waals surface area contributed by atoms with Gasteiger partial charge in [-0.2, -0.15) is 0 Å². The second-order valence-electron chi connectivity index (χ2n) is 5.18. The average molecular weight is 301 g/mol. The molecule has 0 amide bonds. The van der Waals surface area contributed by atoms with Gasteiger partial charge in [0.05, 0.1) is 12.7 Å². The van der Waals surface area contributed by atoms with Crippen molar-refractivity contribution in [3.8, 4) is 0 Å². The highest BCUT2D eigenvalue weighted by atomic mass is 32.2. The number of hydrogen-bond donors (Lipinski definition) is 1. The molecule has 4 heteroatoms. The monoisotopic (exact) mass is 301 g/mol. The molecule has 0 atom stereocenters. The van der Waals surface area contributed by atoms with E-state index in [1.165, 1.54) is 24.6 Å². The number of carbonyl (C=O) groups is 1. The molecular formula is C17H19NO2S. The van der Waals surface area contributed by atoms with Gasteiger partial charge in [0.25, 0.3) is 0 Å². The van der Waals surface area contributed by atoms with Crippen molar-refractivity contribution in [2.75, 3.05) is 7.11 Å². The molecule has 2 aromatic carbocycles. The topological polar surface area (TPSA) is 38.3 Å². The van der Waals surface area contributed by atoms with E-state index < -0.39 is 0 Å². The number of hydrogen-bond acceptors (Lipinski definition) is 4. The summed E-state index contributed by atoms with van der Waals surface area (Å²) in [7, 11) is 1.39. The summed E-state index contributed by atoms with van der Waals surface area (Å²) in [6, 6.07) is 17.6. The lowest BCUT2D eigenvalue weighted by Crippen LogP contribution is -2.31. The number of carbonyl (C=O) groups excluding carboxylic acids is 1. The zero-order valence-corrected chi connectivity index (χ0v) is 13.2. The largest absolute Gasteiger partial charge is 0.465 e. The van der Waals surface area contributed by atoms with Gasteiger partial charge in [0.15, 0.2) is 0 Å². The van der Waals surface area contributed by atoms with Gasteiger partial charge in [-0.15, -0.1) is 0 Å². The molecule has 1 N–H and O–H groups in total. The highest BCUT2D eigenvalue weighted by Crippen LogP contribution is 2.28. The highest BCUT2D eigenvalue weighted by Gasteiger charge is 2.21. The Hall–Kier alpha value is -1.78. The zero-order chi connectivity index (χ0) is 15.3. The van der Waals surface area contributed by atoms with Crippen molar-refractivity contribution in [1.82, 2.24) is 4.72 Å². The predicted molar refractivity (Wildman–Crippen MR) is 86.2 cm³/mol. The summed E-state index contributed by atoms with van der Waals surface area (Å²) in [6.07, 6.45) is 0. The fourth-order valence-electron chi connectivity index (χ4n) is 1.93. The van der Waals surface area contributed by atoms with E-state index in [2.05, 4.69) is 30.7 Å². The van der Waals surface area contributed by atoms with E-state index in [0.717, 1.165) is 4.90 Å². The van der Waals surface area contributed by atoms with Crippen LogP contribution in [0.2, 0.25) is 0 Å². The van der Waals surface area contributed by atoms with E-state index in [1.807, 2.05) is 36.4 Å². The fourth-order valence-corrected chi connectivity index (χ4v) is 2.82. The minimum Gasteiger partial charge on any atom is -0.465 e. The third kappa shape index (κ3) is 3.86. The average Bonchev–Trinajstić information content (AvgIpc) is 2.53. The maximum atomic E-state index is 11.8. The van der Waals surface area contributed by atoms with E-state index in [1.54, 1.807) is 6.07 Å². The summed E-state index contributed by atoms with van der Waals surface area (Å²) in [5.41, 5.74) is 1.55. The Bertz CT molecular complexity index is 611. The molecule has 0 bridgehead atoms. The number of methoxy groups -OCH3 is 1. The molecule has 110 valence electrons. The predicted octanol–water partition coefficient (Wildman–Crippen LogP) is 4.01. The molecule has 0 fully saturated rings. The Labute approximate surface area is 129 Å². The Morgan fingerprint density at radius 3 is 2.33 bits per heavy atom. The lowest BCUT2D eigenvalue weighted by Gasteiger charge is -2.26. The van der Waals surface area contributed by atoms with Gasteiger partial charge < -0.3 is 4.74 Å². The first-order valence-corrected chi connectivity index (χ1v) is 7.53. The van der Waals surface area contributed by atoms with Crippen LogP contribution in [0.15, 0.2) is 59.5 Å². The Balaban J connectivity index is 2.15. The first-order chi connectivity index (χ1) is 10.0. The molecule has 2 aromatic rings. The Morgan fingerprint density at radius 1 is 1.05 bits per heavy atom. The molecular weight excluding hydrogens is 282 g/mol. The van der Waals surface area contributed by atoms with Crippen LogP contribution in [0, 0.1) is 0 Å². The summed E-state index contributed by atoms with van der Waals surface area (Å²) < 4.78 is 8.23. The number of ether oxygens (including phenoxy) is 1. The van der Waals surface area contributed by atoms with Crippen LogP contribution in [0.4, 0.5) is 0 Å². The molecule has 0 radical (unpaired) electrons. The summed E-state index contributed by atoms with van der Waals surface area (Å²) >= 11 is 1.44. The van der Waals surface area contributed by atoms with Gasteiger partial charge in [-0.1, -0.05) is 42.5 Å². The Morgan fingerprint density at radius 2 is 1.67 bits per heavy atom. The number of nitrogens with one attached hydrogen (secondary N) is 1. The van der Waals surface area contributed by atoms with E-state index in [4.69, 9.17) is 4.74 Å². The smallest absolute Gasteiger partial charge is 0.339 e. The minimum absolute atomic E-state index is 0.213. The van der Waals surface area contributed by atoms with Gasteiger partial charge in [-0.05, 0) is 43.5 Å². The molecule has 0 aromatic heterocycles. The van der Waals surface area contributed by atoms with Crippen LogP contribution in [0.1, 0.15) is 29.8 Å². The van der Waals surface area contributed by atoms with Crippen LogP contribution in [-0.2, 0) is 10.3 Å². The molecule has 0 spiro atoms. The summed E-state index contributed by atoms with van der Waals surface area (Å²) in [5.74, 6) is -0.322. The second-order valence-corrected chi connectivity index (χ2v) is 6.03. The minimum atomic E-state index is -0.322. The van der Waals surface area contributed by atoms with Gasteiger partial charge in [0, 0.05) is 10.4 Å². The lowest BCUT2D eigenvalue weighted by molar-refractivity contribution is 0.0596. The van der Waals surface area contributed by atoms with Gasteiger partial charge in [-0.3, -0.25) is 0 Å². The molecule has 0 saturated carbocycles. The maximum Gasteiger partial charge on any atom is 0.339 e. The van der Waals surface area contributed by atoms with E-state index in [9.17, 15) is 4.79 Å². The normalized spacial score (nSPS) is 11.2. The van der Waals surface area contributed by atoms with Crippen LogP contribution >= 0.6 is 11.9 Å². The standard InChI is InChI=1S/C17H19NO2S/c1-17(2,13-9-5-4-6-10-13)18-21-15-12-8-7-11-14(15)16(19)20-3/h4-12,18H,1-3H3. The fraction of sp³-hybridized carbons (Fsp3) is 0.235. The zero-order valence-electron chi connectivity index (χ0n) is 12.4. The van der Waals surface area contributed by atoms with Crippen molar-refractivity contribution in [3.05, 3.63) is 65.7 Å². The second kappa shape index (κ2) is 6.78. The van der Waals surface area contributed by atoms with Gasteiger partial charge in [0.2, 0.25) is 0 Å². The summed E-state index contributed by atoms with van der Waals surface area (Å²) in [4.78, 5) is 12.6. The van der Waals surface area contributed by atoms with Gasteiger partial charge in [-0.25, -0.2) is 9.52 Å². The molecule has 21 heavy (non-hydrogen) atoms. The van der Waals surface area contributed by atoms with Gasteiger partial charge >= 0.3 is 5.97 Å². The number of rotatable bonds is 5. The third-order valence-corrected chi connectivity index (χ3v) is 4.39. The first kappa shape index (κ1) is 15.6. The quantitative estimate of drug-likeness (QED) is 0.669. The van der Waals surface area contributed by atoms with E-state index in [-0.39, 0.29) is 11.5 Å². The van der Waals surface area contributed by atoms with Crippen LogP contribution in [-0.4, -0.2) is 13.1 Å². The lowest BCUT2D eigenvalue weighted by atomic mass is 9.96. The van der Waals surface area contributed by atoms with Crippen LogP contribution in [0.25, 0.3) is 0 Å². The SMILES string of the molecule is COC(=O)c1ccccc1SNC(C)(C)c1ccccc1. The third-order valence-electron chi connectivity index (χ3n) is 3.20. The van der Waals surface area contributed by atoms with Gasteiger partial charge in [0.1, 0.15) is 0 Å². The molecule has 0 saturated heterocycles. The van der Waals surface area contributed by atoms with Crippen molar-refractivity contribution >= 4 is 17.9 Å². The molecule has 0 aliphatic carbocycles. The van der Waals surface area contributed by atoms with Crippen molar-refractivity contribution in [1.29, 1.82) is 0 Å². The molecule has 0 aliphatic rings. The van der Waals surface area contributed by atoms with Crippen LogP contribution in [0.5, 0.6) is 0 Å². The van der Waals surface area contributed by atoms with E-state index in [0.29, 0.717) is 5.56 Å². The summed E-state index contributed by atoms with van der Waals surface area (Å²) in [5, 5.41) is 0. The number of esters is 1. The summed E-state index contributed by atoms with van der Waals surface area (Å²) in [6.45, 7) is 4.21. The molecule has 0 aliphatic heterocycles. The molecule has 0 unspecified atom stereocenters. The highest BCUT2D eigenvalue weighted by molar-refractivity contribution is 7.97. The number of benzene rings is 2. The Kier molecular flexibility index (Phi) is 5.04. The molecule has 2 rings (SSSR count). The maximum absolute atomic E-state index is 11.8.